The third-order valence-corrected chi connectivity index (χ3v) is 7.52. The molecule has 3 aromatic rings. The summed E-state index contributed by atoms with van der Waals surface area (Å²) in [4.78, 5) is 13.8. The maximum absolute atomic E-state index is 14.2. The van der Waals surface area contributed by atoms with E-state index in [0.29, 0.717) is 27.6 Å². The Morgan fingerprint density at radius 2 is 1.65 bits per heavy atom. The Bertz CT molecular complexity index is 1370. The van der Waals surface area contributed by atoms with Gasteiger partial charge in [-0.25, -0.2) is 26.7 Å². The number of carbonyl (C=O) groups excluding carboxylic acids is 1. The van der Waals surface area contributed by atoms with Crippen LogP contribution in [0.25, 0.3) is 0 Å². The quantitative estimate of drug-likeness (QED) is 0.124. The number of carbonyl (C=O) groups is 1. The van der Waals surface area contributed by atoms with E-state index in [2.05, 4.69) is 15.7 Å². The highest BCUT2D eigenvalue weighted by Crippen LogP contribution is 2.39. The molecule has 0 atom stereocenters. The average molecular weight is 559 g/mol. The van der Waals surface area contributed by atoms with Crippen molar-refractivity contribution in [3.63, 3.8) is 0 Å². The van der Waals surface area contributed by atoms with Gasteiger partial charge < -0.3 is 15.4 Å². The molecule has 2 N–H and O–H groups in total. The second kappa shape index (κ2) is 10.7. The van der Waals surface area contributed by atoms with Gasteiger partial charge in [0.1, 0.15) is 5.00 Å². The van der Waals surface area contributed by atoms with Crippen molar-refractivity contribution in [1.82, 2.24) is 9.78 Å². The van der Waals surface area contributed by atoms with Crippen molar-refractivity contribution in [2.75, 3.05) is 17.2 Å². The molecule has 0 amide bonds. The molecule has 2 aromatic heterocycles. The van der Waals surface area contributed by atoms with Crippen LogP contribution in [0.3, 0.4) is 0 Å². The van der Waals surface area contributed by atoms with Crippen LogP contribution in [0.1, 0.15) is 57.5 Å². The number of aromatic nitrogens is 2. The fourth-order valence-electron chi connectivity index (χ4n) is 4.29. The van der Waals surface area contributed by atoms with Crippen LogP contribution in [0, 0.1) is 42.9 Å². The second-order valence-electron chi connectivity index (χ2n) is 8.47. The number of thiophene rings is 1. The Hall–Kier alpha value is -3.06. The van der Waals surface area contributed by atoms with Crippen molar-refractivity contribution >= 4 is 45.3 Å². The minimum atomic E-state index is -2.22. The summed E-state index contributed by atoms with van der Waals surface area (Å²) >= 11 is 6.88. The molecule has 0 bridgehead atoms. The molecule has 37 heavy (non-hydrogen) atoms. The van der Waals surface area contributed by atoms with Crippen LogP contribution >= 0.6 is 23.6 Å². The number of aryl methyl sites for hydroxylation is 2. The number of nitrogens with zero attached hydrogens (tertiary/aromatic N) is 2. The summed E-state index contributed by atoms with van der Waals surface area (Å²) < 4.78 is 75.4. The average Bonchev–Trinajstić information content (AvgIpc) is 3.35. The van der Waals surface area contributed by atoms with Crippen LogP contribution < -0.4 is 10.6 Å². The molecule has 4 rings (SSSR count). The zero-order chi connectivity index (χ0) is 27.0. The zero-order valence-electron chi connectivity index (χ0n) is 20.2. The molecule has 1 aliphatic rings. The SMILES string of the molecule is CCOC(=O)c1c(NC(=S)Nc2c(C)nn(Cc3c(F)c(F)c(F)c(F)c3F)c2C)sc2c1CCCC2. The van der Waals surface area contributed by atoms with Gasteiger partial charge in [-0.2, -0.15) is 5.10 Å². The van der Waals surface area contributed by atoms with E-state index >= 15 is 0 Å². The Balaban J connectivity index is 1.58. The molecule has 0 aliphatic heterocycles. The highest BCUT2D eigenvalue weighted by molar-refractivity contribution is 7.80. The summed E-state index contributed by atoms with van der Waals surface area (Å²) in [5.41, 5.74) is 1.53. The van der Waals surface area contributed by atoms with Crippen LogP contribution in [0.15, 0.2) is 0 Å². The molecule has 6 nitrogen and oxygen atoms in total. The fourth-order valence-corrected chi connectivity index (χ4v) is 5.84. The molecule has 198 valence electrons. The smallest absolute Gasteiger partial charge is 0.341 e. The van der Waals surface area contributed by atoms with Gasteiger partial charge in [0.2, 0.25) is 5.82 Å². The van der Waals surface area contributed by atoms with Gasteiger partial charge in [-0.15, -0.1) is 11.3 Å². The molecule has 1 aliphatic carbocycles. The lowest BCUT2D eigenvalue weighted by atomic mass is 9.95. The van der Waals surface area contributed by atoms with E-state index in [1.165, 1.54) is 11.3 Å². The number of ether oxygens (including phenoxy) is 1. The summed E-state index contributed by atoms with van der Waals surface area (Å²) in [6, 6.07) is 0. The Labute approximate surface area is 218 Å². The van der Waals surface area contributed by atoms with Gasteiger partial charge in [-0.05, 0) is 64.2 Å². The zero-order valence-corrected chi connectivity index (χ0v) is 21.8. The van der Waals surface area contributed by atoms with Gasteiger partial charge in [0.15, 0.2) is 28.4 Å². The molecular formula is C24H23F5N4O2S2. The van der Waals surface area contributed by atoms with Crippen LogP contribution in [0.2, 0.25) is 0 Å². The predicted molar refractivity (Wildman–Crippen MR) is 134 cm³/mol. The largest absolute Gasteiger partial charge is 0.462 e. The van der Waals surface area contributed by atoms with E-state index < -0.39 is 47.2 Å². The second-order valence-corrected chi connectivity index (χ2v) is 9.98. The van der Waals surface area contributed by atoms with Crippen molar-refractivity contribution in [2.24, 2.45) is 0 Å². The van der Waals surface area contributed by atoms with E-state index in [-0.39, 0.29) is 11.7 Å². The van der Waals surface area contributed by atoms with Crippen molar-refractivity contribution in [1.29, 1.82) is 0 Å². The molecule has 0 radical (unpaired) electrons. The third kappa shape index (κ3) is 5.06. The van der Waals surface area contributed by atoms with Crippen molar-refractivity contribution in [2.45, 2.75) is 53.0 Å². The van der Waals surface area contributed by atoms with E-state index in [9.17, 15) is 26.7 Å². The van der Waals surface area contributed by atoms with Gasteiger partial charge in [-0.3, -0.25) is 4.68 Å². The number of thiocarbonyl (C=S) groups is 1. The minimum Gasteiger partial charge on any atom is -0.462 e. The fraction of sp³-hybridized carbons (Fsp3) is 0.375. The molecule has 0 saturated carbocycles. The molecule has 0 unspecified atom stereocenters. The number of rotatable bonds is 6. The first-order valence-electron chi connectivity index (χ1n) is 11.5. The minimum absolute atomic E-state index is 0.131. The van der Waals surface area contributed by atoms with Crippen LogP contribution in [0.4, 0.5) is 32.6 Å². The van der Waals surface area contributed by atoms with Crippen LogP contribution in [-0.4, -0.2) is 27.5 Å². The Morgan fingerprint density at radius 1 is 1.03 bits per heavy atom. The highest BCUT2D eigenvalue weighted by atomic mass is 32.1. The molecular weight excluding hydrogens is 535 g/mol. The number of anilines is 2. The van der Waals surface area contributed by atoms with Crippen molar-refractivity contribution in [3.8, 4) is 0 Å². The molecule has 0 saturated heterocycles. The highest BCUT2D eigenvalue weighted by Gasteiger charge is 2.28. The van der Waals surface area contributed by atoms with Gasteiger partial charge in [0, 0.05) is 4.88 Å². The van der Waals surface area contributed by atoms with E-state index in [0.717, 1.165) is 40.8 Å². The lowest BCUT2D eigenvalue weighted by Crippen LogP contribution is -2.21. The van der Waals surface area contributed by atoms with Crippen LogP contribution in [0.5, 0.6) is 0 Å². The predicted octanol–water partition coefficient (Wildman–Crippen LogP) is 6.17. The van der Waals surface area contributed by atoms with Crippen molar-refractivity contribution < 1.29 is 31.5 Å². The normalized spacial score (nSPS) is 12.9. The maximum atomic E-state index is 14.2. The third-order valence-electron chi connectivity index (χ3n) is 6.11. The lowest BCUT2D eigenvalue weighted by Gasteiger charge is -2.13. The topological polar surface area (TPSA) is 68.2 Å². The Kier molecular flexibility index (Phi) is 7.83. The number of fused-ring (bicyclic) bond motifs is 1. The summed E-state index contributed by atoms with van der Waals surface area (Å²) in [5.74, 6) is -10.5. The molecule has 0 spiro atoms. The molecule has 1 aromatic carbocycles. The first kappa shape index (κ1) is 27.0. The summed E-state index contributed by atoms with van der Waals surface area (Å²) in [6.07, 6.45) is 3.62. The number of esters is 1. The summed E-state index contributed by atoms with van der Waals surface area (Å²) in [5, 5.41) is 10.9. The van der Waals surface area contributed by atoms with E-state index in [1.807, 2.05) is 0 Å². The monoisotopic (exact) mass is 558 g/mol. The van der Waals surface area contributed by atoms with Gasteiger partial charge in [0.05, 0.1) is 41.4 Å². The number of nitrogens with one attached hydrogen (secondary N) is 2. The lowest BCUT2D eigenvalue weighted by molar-refractivity contribution is 0.0526. The first-order chi connectivity index (χ1) is 17.5. The maximum Gasteiger partial charge on any atom is 0.341 e. The summed E-state index contributed by atoms with van der Waals surface area (Å²) in [7, 11) is 0. The number of hydrogen-bond donors (Lipinski definition) is 2. The van der Waals surface area contributed by atoms with E-state index in [1.54, 1.807) is 20.8 Å². The molecule has 13 heteroatoms. The van der Waals surface area contributed by atoms with Crippen LogP contribution in [-0.2, 0) is 24.1 Å². The number of halogens is 5. The van der Waals surface area contributed by atoms with Gasteiger partial charge >= 0.3 is 5.97 Å². The first-order valence-corrected chi connectivity index (χ1v) is 12.7. The number of benzene rings is 1. The number of hydrogen-bond acceptors (Lipinski definition) is 5. The molecule has 0 fully saturated rings. The van der Waals surface area contributed by atoms with E-state index in [4.69, 9.17) is 17.0 Å². The van der Waals surface area contributed by atoms with Gasteiger partial charge in [-0.1, -0.05) is 0 Å². The Morgan fingerprint density at radius 3 is 2.30 bits per heavy atom. The van der Waals surface area contributed by atoms with Gasteiger partial charge in [0.25, 0.3) is 0 Å². The standard InChI is InChI=1S/C24H23F5N4O2S2/c1-4-35-23(34)15-12-7-5-6-8-14(12)37-22(15)31-24(36)30-21-10(2)32-33(11(21)3)9-13-16(25)18(27)20(29)19(28)17(13)26/h4-9H2,1-3H3,(H2,30,31,36). The molecule has 2 heterocycles. The van der Waals surface area contributed by atoms with Crippen molar-refractivity contribution in [3.05, 3.63) is 62.0 Å². The summed E-state index contributed by atoms with van der Waals surface area (Å²) in [6.45, 7) is 4.43.